The molecule has 0 aliphatic carbocycles. The molecule has 1 N–H and O–H groups in total. The average Bonchev–Trinajstić information content (AvgIpc) is 3.35. The maximum absolute atomic E-state index is 13.3. The lowest BCUT2D eigenvalue weighted by molar-refractivity contribution is -0.121. The second-order valence-electron chi connectivity index (χ2n) is 9.01. The number of fused-ring (bicyclic) bond motifs is 1. The minimum atomic E-state index is 0.0447. The van der Waals surface area contributed by atoms with Gasteiger partial charge in [0.05, 0.1) is 25.2 Å². The highest BCUT2D eigenvalue weighted by atomic mass is 32.2. The van der Waals surface area contributed by atoms with E-state index in [0.717, 1.165) is 77.5 Å². The van der Waals surface area contributed by atoms with Crippen molar-refractivity contribution in [3.63, 3.8) is 0 Å². The molecule has 172 valence electrons. The summed E-state index contributed by atoms with van der Waals surface area (Å²) in [5.74, 6) is 2.29. The van der Waals surface area contributed by atoms with Gasteiger partial charge in [-0.05, 0) is 41.9 Å². The standard InChI is InChI=1S/C27H31N3O2S/c1-20-23(26(21-7-3-2-4-8-21)22-9-5-6-10-24(22)29-20)17-25(31)28-18-27(11-16-33-19-27)30-12-14-32-15-13-30/h2-10H,11-19H2,1H3,(H,28,31). The van der Waals surface area contributed by atoms with Crippen LogP contribution in [0.15, 0.2) is 54.6 Å². The Morgan fingerprint density at radius 1 is 1.12 bits per heavy atom. The average molecular weight is 462 g/mol. The van der Waals surface area contributed by atoms with E-state index in [9.17, 15) is 4.79 Å². The normalized spacial score (nSPS) is 21.4. The molecule has 0 bridgehead atoms. The monoisotopic (exact) mass is 461 g/mol. The van der Waals surface area contributed by atoms with Gasteiger partial charge in [-0.25, -0.2) is 0 Å². The molecule has 3 heterocycles. The van der Waals surface area contributed by atoms with Crippen molar-refractivity contribution < 1.29 is 9.53 Å². The molecule has 6 heteroatoms. The third kappa shape index (κ3) is 4.65. The Bertz CT molecular complexity index is 1120. The number of carbonyl (C=O) groups excluding carboxylic acids is 1. The lowest BCUT2D eigenvalue weighted by atomic mass is 9.92. The maximum Gasteiger partial charge on any atom is 0.224 e. The van der Waals surface area contributed by atoms with Crippen LogP contribution in [0.2, 0.25) is 0 Å². The Morgan fingerprint density at radius 2 is 1.88 bits per heavy atom. The molecule has 2 saturated heterocycles. The number of para-hydroxylation sites is 1. The molecule has 33 heavy (non-hydrogen) atoms. The van der Waals surface area contributed by atoms with Gasteiger partial charge in [0, 0.05) is 42.0 Å². The van der Waals surface area contributed by atoms with Gasteiger partial charge in [0.1, 0.15) is 0 Å². The predicted octanol–water partition coefficient (Wildman–Crippen LogP) is 4.08. The zero-order chi connectivity index (χ0) is 22.7. The highest BCUT2D eigenvalue weighted by molar-refractivity contribution is 7.99. The molecule has 2 aromatic carbocycles. The van der Waals surface area contributed by atoms with Gasteiger partial charge < -0.3 is 10.1 Å². The van der Waals surface area contributed by atoms with Gasteiger partial charge in [0.15, 0.2) is 0 Å². The van der Waals surface area contributed by atoms with E-state index in [1.54, 1.807) is 0 Å². The lowest BCUT2D eigenvalue weighted by Crippen LogP contribution is -2.59. The smallest absolute Gasteiger partial charge is 0.224 e. The van der Waals surface area contributed by atoms with E-state index >= 15 is 0 Å². The molecule has 0 spiro atoms. The van der Waals surface area contributed by atoms with Crippen LogP contribution in [-0.2, 0) is 16.0 Å². The number of pyridine rings is 1. The fraction of sp³-hybridized carbons (Fsp3) is 0.407. The van der Waals surface area contributed by atoms with Crippen LogP contribution in [0.25, 0.3) is 22.0 Å². The molecule has 1 amide bonds. The number of nitrogens with one attached hydrogen (secondary N) is 1. The topological polar surface area (TPSA) is 54.5 Å². The molecule has 2 aliphatic heterocycles. The van der Waals surface area contributed by atoms with E-state index < -0.39 is 0 Å². The van der Waals surface area contributed by atoms with Crippen LogP contribution in [0.3, 0.4) is 0 Å². The number of morpholine rings is 1. The van der Waals surface area contributed by atoms with Crippen LogP contribution in [0.4, 0.5) is 0 Å². The minimum Gasteiger partial charge on any atom is -0.379 e. The summed E-state index contributed by atoms with van der Waals surface area (Å²) in [5, 5.41) is 4.39. The van der Waals surface area contributed by atoms with Crippen LogP contribution in [-0.4, -0.2) is 65.7 Å². The molecule has 5 rings (SSSR count). The van der Waals surface area contributed by atoms with Gasteiger partial charge in [-0.1, -0.05) is 48.5 Å². The summed E-state index contributed by atoms with van der Waals surface area (Å²) in [6, 6.07) is 18.6. The molecular formula is C27H31N3O2S. The number of ether oxygens (including phenoxy) is 1. The number of hydrogen-bond donors (Lipinski definition) is 1. The van der Waals surface area contributed by atoms with Gasteiger partial charge in [0.2, 0.25) is 5.91 Å². The Labute approximate surface area is 199 Å². The summed E-state index contributed by atoms with van der Waals surface area (Å²) in [7, 11) is 0. The summed E-state index contributed by atoms with van der Waals surface area (Å²) in [6.45, 7) is 6.17. The zero-order valence-corrected chi connectivity index (χ0v) is 20.0. The maximum atomic E-state index is 13.3. The Kier molecular flexibility index (Phi) is 6.67. The van der Waals surface area contributed by atoms with Crippen LogP contribution in [0.5, 0.6) is 0 Å². The molecule has 2 aliphatic rings. The molecule has 2 fully saturated rings. The van der Waals surface area contributed by atoms with Crippen LogP contribution < -0.4 is 5.32 Å². The Hall–Kier alpha value is -2.41. The summed E-state index contributed by atoms with van der Waals surface area (Å²) in [5.41, 5.74) is 5.18. The van der Waals surface area contributed by atoms with Gasteiger partial charge in [-0.15, -0.1) is 0 Å². The second kappa shape index (κ2) is 9.84. The summed E-state index contributed by atoms with van der Waals surface area (Å²) in [6.07, 6.45) is 1.45. The Morgan fingerprint density at radius 3 is 2.64 bits per heavy atom. The number of carbonyl (C=O) groups is 1. The molecule has 0 radical (unpaired) electrons. The van der Waals surface area contributed by atoms with Crippen molar-refractivity contribution in [2.24, 2.45) is 0 Å². The highest BCUT2D eigenvalue weighted by Gasteiger charge is 2.40. The molecule has 1 atom stereocenters. The molecule has 0 saturated carbocycles. The second-order valence-corrected chi connectivity index (χ2v) is 10.1. The fourth-order valence-corrected chi connectivity index (χ4v) is 6.62. The van der Waals surface area contributed by atoms with Crippen molar-refractivity contribution in [3.05, 3.63) is 65.9 Å². The molecule has 5 nitrogen and oxygen atoms in total. The fourth-order valence-electron chi connectivity index (χ4n) is 5.15. The largest absolute Gasteiger partial charge is 0.379 e. The van der Waals surface area contributed by atoms with Crippen LogP contribution in [0, 0.1) is 6.92 Å². The first-order chi connectivity index (χ1) is 16.2. The van der Waals surface area contributed by atoms with E-state index in [-0.39, 0.29) is 11.4 Å². The third-order valence-electron chi connectivity index (χ3n) is 6.98. The number of amides is 1. The van der Waals surface area contributed by atoms with Crippen molar-refractivity contribution in [3.8, 4) is 11.1 Å². The molecular weight excluding hydrogens is 430 g/mol. The van der Waals surface area contributed by atoms with Gasteiger partial charge >= 0.3 is 0 Å². The van der Waals surface area contributed by atoms with E-state index in [2.05, 4.69) is 28.4 Å². The van der Waals surface area contributed by atoms with Gasteiger partial charge in [-0.3, -0.25) is 14.7 Å². The summed E-state index contributed by atoms with van der Waals surface area (Å²) >= 11 is 1.99. The van der Waals surface area contributed by atoms with Crippen LogP contribution >= 0.6 is 11.8 Å². The van der Waals surface area contributed by atoms with E-state index in [1.807, 2.05) is 55.1 Å². The SMILES string of the molecule is Cc1nc2ccccc2c(-c2ccccc2)c1CC(=O)NCC1(N2CCOCC2)CCSC1. The van der Waals surface area contributed by atoms with Gasteiger partial charge in [-0.2, -0.15) is 11.8 Å². The number of nitrogens with zero attached hydrogens (tertiary/aromatic N) is 2. The number of thioether (sulfide) groups is 1. The van der Waals surface area contributed by atoms with Crippen molar-refractivity contribution in [1.82, 2.24) is 15.2 Å². The van der Waals surface area contributed by atoms with Gasteiger partial charge in [0.25, 0.3) is 0 Å². The molecule has 1 aromatic heterocycles. The first-order valence-corrected chi connectivity index (χ1v) is 12.9. The summed E-state index contributed by atoms with van der Waals surface area (Å²) < 4.78 is 5.57. The first-order valence-electron chi connectivity index (χ1n) is 11.8. The number of rotatable bonds is 6. The van der Waals surface area contributed by atoms with E-state index in [4.69, 9.17) is 9.72 Å². The van der Waals surface area contributed by atoms with E-state index in [1.165, 1.54) is 0 Å². The number of benzene rings is 2. The molecule has 3 aromatic rings. The quantitative estimate of drug-likeness (QED) is 0.600. The first kappa shape index (κ1) is 22.4. The van der Waals surface area contributed by atoms with Crippen LogP contribution in [0.1, 0.15) is 17.7 Å². The number of aryl methyl sites for hydroxylation is 1. The number of hydrogen-bond acceptors (Lipinski definition) is 5. The van der Waals surface area contributed by atoms with E-state index in [0.29, 0.717) is 13.0 Å². The third-order valence-corrected chi connectivity index (χ3v) is 8.21. The van der Waals surface area contributed by atoms with Crippen molar-refractivity contribution in [1.29, 1.82) is 0 Å². The Balaban J connectivity index is 1.41. The minimum absolute atomic E-state index is 0.0447. The van der Waals surface area contributed by atoms with Crippen molar-refractivity contribution >= 4 is 28.6 Å². The van der Waals surface area contributed by atoms with Crippen molar-refractivity contribution in [2.45, 2.75) is 25.3 Å². The number of aromatic nitrogens is 1. The molecule has 1 unspecified atom stereocenters. The lowest BCUT2D eigenvalue weighted by Gasteiger charge is -2.43. The predicted molar refractivity (Wildman–Crippen MR) is 136 cm³/mol. The zero-order valence-electron chi connectivity index (χ0n) is 19.2. The summed E-state index contributed by atoms with van der Waals surface area (Å²) in [4.78, 5) is 20.6. The highest BCUT2D eigenvalue weighted by Crippen LogP contribution is 2.35. The van der Waals surface area contributed by atoms with Crippen molar-refractivity contribution in [2.75, 3.05) is 44.4 Å².